The van der Waals surface area contributed by atoms with Gasteiger partial charge in [-0.1, -0.05) is 0 Å². The molecule has 2 rings (SSSR count). The van der Waals surface area contributed by atoms with Gasteiger partial charge in [-0.25, -0.2) is 0 Å². The molecule has 15 heavy (non-hydrogen) atoms. The Balaban J connectivity index is 2.48. The van der Waals surface area contributed by atoms with E-state index in [0.717, 1.165) is 4.68 Å². The van der Waals surface area contributed by atoms with Crippen molar-refractivity contribution in [3.63, 3.8) is 0 Å². The maximum Gasteiger partial charge on any atom is 0.408 e. The fraction of sp³-hybridized carbons (Fsp3) is 0.222. The third-order valence-electron chi connectivity index (χ3n) is 2.00. The molecule has 0 aliphatic carbocycles. The maximum atomic E-state index is 12.2. The number of fused-ring (bicyclic) bond motifs is 1. The molecule has 0 spiro atoms. The molecule has 1 heterocycles. The number of nitrogens with zero attached hydrogens (tertiary/aromatic N) is 2. The number of rotatable bonds is 1. The summed E-state index contributed by atoms with van der Waals surface area (Å²) in [5, 5.41) is 4.31. The van der Waals surface area contributed by atoms with E-state index in [-0.39, 0.29) is 0 Å². The number of anilines is 1. The molecule has 1 aromatic carbocycles. The van der Waals surface area contributed by atoms with E-state index >= 15 is 0 Å². The molecule has 0 fully saturated rings. The number of halogens is 3. The lowest BCUT2D eigenvalue weighted by Crippen LogP contribution is -2.18. The molecule has 0 amide bonds. The van der Waals surface area contributed by atoms with Crippen LogP contribution in [0.5, 0.6) is 0 Å². The fourth-order valence-electron chi connectivity index (χ4n) is 1.38. The number of aromatic nitrogens is 2. The second kappa shape index (κ2) is 3.15. The van der Waals surface area contributed by atoms with E-state index in [1.165, 1.54) is 12.3 Å². The first kappa shape index (κ1) is 9.82. The first-order valence-electron chi connectivity index (χ1n) is 4.23. The van der Waals surface area contributed by atoms with E-state index in [1.807, 2.05) is 0 Å². The fourth-order valence-corrected chi connectivity index (χ4v) is 1.38. The van der Waals surface area contributed by atoms with Gasteiger partial charge in [-0.2, -0.15) is 18.3 Å². The summed E-state index contributed by atoms with van der Waals surface area (Å²) in [6.07, 6.45) is -2.88. The van der Waals surface area contributed by atoms with Gasteiger partial charge in [0.2, 0.25) is 0 Å². The first-order valence-corrected chi connectivity index (χ1v) is 4.23. The summed E-state index contributed by atoms with van der Waals surface area (Å²) in [5.41, 5.74) is 6.31. The molecule has 0 unspecified atom stereocenters. The summed E-state index contributed by atoms with van der Waals surface area (Å²) in [4.78, 5) is 0. The van der Waals surface area contributed by atoms with Gasteiger partial charge in [-0.05, 0) is 18.2 Å². The second-order valence-electron chi connectivity index (χ2n) is 3.24. The van der Waals surface area contributed by atoms with Crippen molar-refractivity contribution in [2.45, 2.75) is 12.7 Å². The molecule has 0 saturated heterocycles. The van der Waals surface area contributed by atoms with E-state index < -0.39 is 12.7 Å². The Kier molecular flexibility index (Phi) is 2.06. The smallest absolute Gasteiger partial charge is 0.399 e. The molecule has 1 aromatic heterocycles. The average Bonchev–Trinajstić information content (AvgIpc) is 2.46. The van der Waals surface area contributed by atoms with Gasteiger partial charge in [0.15, 0.2) is 0 Å². The number of alkyl halides is 3. The van der Waals surface area contributed by atoms with Crippen LogP contribution in [0.15, 0.2) is 24.4 Å². The summed E-state index contributed by atoms with van der Waals surface area (Å²) < 4.78 is 37.4. The molecule has 2 N–H and O–H groups in total. The molecular formula is C9H8F3N3. The lowest BCUT2D eigenvalue weighted by molar-refractivity contribution is -0.141. The van der Waals surface area contributed by atoms with E-state index in [0.29, 0.717) is 16.6 Å². The maximum absolute atomic E-state index is 12.2. The van der Waals surface area contributed by atoms with Gasteiger partial charge in [0.25, 0.3) is 0 Å². The lowest BCUT2D eigenvalue weighted by atomic mass is 10.2. The number of hydrogen-bond acceptors (Lipinski definition) is 2. The van der Waals surface area contributed by atoms with Crippen molar-refractivity contribution in [1.29, 1.82) is 0 Å². The van der Waals surface area contributed by atoms with Crippen LogP contribution in [-0.2, 0) is 6.54 Å². The Bertz CT molecular complexity index is 487. The minimum absolute atomic E-state index is 0.396. The van der Waals surface area contributed by atoms with Gasteiger partial charge in [0.1, 0.15) is 6.54 Å². The zero-order valence-corrected chi connectivity index (χ0v) is 7.62. The van der Waals surface area contributed by atoms with Crippen LogP contribution in [0.4, 0.5) is 18.9 Å². The summed E-state index contributed by atoms with van der Waals surface area (Å²) >= 11 is 0. The molecule has 0 aliphatic heterocycles. The van der Waals surface area contributed by atoms with E-state index in [2.05, 4.69) is 5.10 Å². The topological polar surface area (TPSA) is 43.8 Å². The van der Waals surface area contributed by atoms with Gasteiger partial charge in [0.05, 0.1) is 11.7 Å². The standard InChI is InChI=1S/C9H8F3N3/c10-9(11,12)5-15-8-3-7(13)2-1-6(8)4-14-15/h1-4H,5,13H2. The van der Waals surface area contributed by atoms with Crippen LogP contribution in [-0.4, -0.2) is 16.0 Å². The minimum atomic E-state index is -4.27. The van der Waals surface area contributed by atoms with Crippen molar-refractivity contribution in [2.24, 2.45) is 0 Å². The summed E-state index contributed by atoms with van der Waals surface area (Å²) in [5.74, 6) is 0. The summed E-state index contributed by atoms with van der Waals surface area (Å²) in [6, 6.07) is 4.75. The zero-order chi connectivity index (χ0) is 11.1. The molecule has 0 saturated carbocycles. The van der Waals surface area contributed by atoms with Crippen molar-refractivity contribution >= 4 is 16.6 Å². The second-order valence-corrected chi connectivity index (χ2v) is 3.24. The van der Waals surface area contributed by atoms with Crippen LogP contribution in [0.25, 0.3) is 10.9 Å². The molecule has 6 heteroatoms. The van der Waals surface area contributed by atoms with Crippen molar-refractivity contribution in [1.82, 2.24) is 9.78 Å². The predicted octanol–water partition coefficient (Wildman–Crippen LogP) is 2.18. The Morgan fingerprint density at radius 3 is 2.73 bits per heavy atom. The quantitative estimate of drug-likeness (QED) is 0.741. The predicted molar refractivity (Wildman–Crippen MR) is 50.2 cm³/mol. The Hall–Kier alpha value is -1.72. The third kappa shape index (κ3) is 2.03. The van der Waals surface area contributed by atoms with Crippen molar-refractivity contribution < 1.29 is 13.2 Å². The summed E-state index contributed by atoms with van der Waals surface area (Å²) in [6.45, 7) is -1.10. The van der Waals surface area contributed by atoms with Gasteiger partial charge in [0, 0.05) is 11.1 Å². The van der Waals surface area contributed by atoms with Crippen molar-refractivity contribution in [3.05, 3.63) is 24.4 Å². The van der Waals surface area contributed by atoms with Crippen LogP contribution in [0.1, 0.15) is 0 Å². The van der Waals surface area contributed by atoms with E-state index in [4.69, 9.17) is 5.73 Å². The highest BCUT2D eigenvalue weighted by Crippen LogP contribution is 2.22. The van der Waals surface area contributed by atoms with Gasteiger partial charge >= 0.3 is 6.18 Å². The van der Waals surface area contributed by atoms with Crippen LogP contribution in [0.3, 0.4) is 0 Å². The highest BCUT2D eigenvalue weighted by atomic mass is 19.4. The van der Waals surface area contributed by atoms with Crippen molar-refractivity contribution in [3.8, 4) is 0 Å². The SMILES string of the molecule is Nc1ccc2cnn(CC(F)(F)F)c2c1. The minimum Gasteiger partial charge on any atom is -0.399 e. The van der Waals surface area contributed by atoms with Gasteiger partial charge in [-0.3, -0.25) is 4.68 Å². The van der Waals surface area contributed by atoms with Crippen molar-refractivity contribution in [2.75, 3.05) is 5.73 Å². The highest BCUT2D eigenvalue weighted by Gasteiger charge is 2.29. The normalized spacial score (nSPS) is 12.2. The molecule has 3 nitrogen and oxygen atoms in total. The molecule has 0 radical (unpaired) electrons. The monoisotopic (exact) mass is 215 g/mol. The lowest BCUT2D eigenvalue weighted by Gasteiger charge is -2.07. The number of nitrogen functional groups attached to an aromatic ring is 1. The molecule has 0 atom stereocenters. The molecule has 80 valence electrons. The Morgan fingerprint density at radius 2 is 2.07 bits per heavy atom. The Labute approximate surface area is 83.3 Å². The largest absolute Gasteiger partial charge is 0.408 e. The number of hydrogen-bond donors (Lipinski definition) is 1. The molecule has 2 aromatic rings. The third-order valence-corrected chi connectivity index (χ3v) is 2.00. The first-order chi connectivity index (χ1) is 6.96. The average molecular weight is 215 g/mol. The van der Waals surface area contributed by atoms with Crippen LogP contribution < -0.4 is 5.73 Å². The summed E-state index contributed by atoms with van der Waals surface area (Å²) in [7, 11) is 0. The molecule has 0 bridgehead atoms. The van der Waals surface area contributed by atoms with Crippen LogP contribution >= 0.6 is 0 Å². The van der Waals surface area contributed by atoms with Crippen LogP contribution in [0, 0.1) is 0 Å². The zero-order valence-electron chi connectivity index (χ0n) is 7.62. The number of nitrogens with two attached hydrogens (primary N) is 1. The van der Waals surface area contributed by atoms with Gasteiger partial charge in [-0.15, -0.1) is 0 Å². The molecule has 0 aliphatic rings. The Morgan fingerprint density at radius 1 is 1.33 bits per heavy atom. The number of benzene rings is 1. The van der Waals surface area contributed by atoms with E-state index in [1.54, 1.807) is 12.1 Å². The van der Waals surface area contributed by atoms with Gasteiger partial charge < -0.3 is 5.73 Å². The van der Waals surface area contributed by atoms with Crippen LogP contribution in [0.2, 0.25) is 0 Å². The highest BCUT2D eigenvalue weighted by molar-refractivity contribution is 5.81. The van der Waals surface area contributed by atoms with E-state index in [9.17, 15) is 13.2 Å². The molecular weight excluding hydrogens is 207 g/mol.